The Morgan fingerprint density at radius 1 is 0.762 bits per heavy atom. The second-order valence-corrected chi connectivity index (χ2v) is 8.12. The van der Waals surface area contributed by atoms with E-state index in [2.05, 4.69) is 55.1 Å². The van der Waals surface area contributed by atoms with Gasteiger partial charge in [-0.3, -0.25) is 0 Å². The molecule has 116 valence electrons. The molecule has 0 amide bonds. The molecular weight excluding hydrogens is 276 g/mol. The van der Waals surface area contributed by atoms with Gasteiger partial charge in [-0.1, -0.05) is 75.5 Å². The van der Waals surface area contributed by atoms with Crippen LogP contribution in [0.2, 0.25) is 6.55 Å². The van der Waals surface area contributed by atoms with Crippen LogP contribution in [0.5, 0.6) is 0 Å². The van der Waals surface area contributed by atoms with Crippen molar-refractivity contribution in [1.82, 2.24) is 0 Å². The molecule has 0 aliphatic carbocycles. The van der Waals surface area contributed by atoms with Gasteiger partial charge in [-0.15, -0.1) is 0 Å². The lowest BCUT2D eigenvalue weighted by Gasteiger charge is -2.28. The van der Waals surface area contributed by atoms with E-state index in [0.29, 0.717) is 13.2 Å². The third kappa shape index (κ3) is 4.81. The average Bonchev–Trinajstić information content (AvgIpc) is 2.49. The molecule has 0 saturated heterocycles. The molecule has 0 aromatic heterocycles. The second-order valence-electron chi connectivity index (χ2n) is 4.61. The van der Waals surface area contributed by atoms with Crippen LogP contribution in [0.25, 0.3) is 0 Å². The Bertz CT molecular complexity index is 446. The lowest BCUT2D eigenvalue weighted by atomic mass is 10.4. The molecule has 0 atom stereocenters. The minimum Gasteiger partial charge on any atom is -0.406 e. The summed E-state index contributed by atoms with van der Waals surface area (Å²) in [5, 5.41) is 2.58. The van der Waals surface area contributed by atoms with Crippen molar-refractivity contribution in [3.05, 3.63) is 60.7 Å². The zero-order chi connectivity index (χ0) is 13.6. The summed E-state index contributed by atoms with van der Waals surface area (Å²) in [6.45, 7) is 3.50. The van der Waals surface area contributed by atoms with Gasteiger partial charge in [0.25, 0.3) is 8.32 Å². The summed E-state index contributed by atoms with van der Waals surface area (Å²) >= 11 is 0. The highest BCUT2D eigenvalue weighted by Gasteiger charge is 2.33. The summed E-state index contributed by atoms with van der Waals surface area (Å²) < 4.78 is 11.4. The SMILES string of the molecule is C.C.COCCO[Si](C)(c1ccccc1)c1ccccc1. The summed E-state index contributed by atoms with van der Waals surface area (Å²) in [6.07, 6.45) is 0. The van der Waals surface area contributed by atoms with Gasteiger partial charge in [0.1, 0.15) is 0 Å². The van der Waals surface area contributed by atoms with E-state index in [1.165, 1.54) is 10.4 Å². The fourth-order valence-electron chi connectivity index (χ4n) is 2.17. The van der Waals surface area contributed by atoms with Crippen LogP contribution >= 0.6 is 0 Å². The summed E-state index contributed by atoms with van der Waals surface area (Å²) in [4.78, 5) is 0. The van der Waals surface area contributed by atoms with Crippen LogP contribution in [0.15, 0.2) is 60.7 Å². The molecule has 0 fully saturated rings. The summed E-state index contributed by atoms with van der Waals surface area (Å²) in [6, 6.07) is 21.0. The van der Waals surface area contributed by atoms with Crippen molar-refractivity contribution in [2.45, 2.75) is 21.4 Å². The predicted octanol–water partition coefficient (Wildman–Crippen LogP) is 3.31. The zero-order valence-electron chi connectivity index (χ0n) is 11.5. The first-order chi connectivity index (χ1) is 9.27. The molecule has 0 heterocycles. The van der Waals surface area contributed by atoms with Crippen molar-refractivity contribution in [2.75, 3.05) is 20.3 Å². The van der Waals surface area contributed by atoms with Crippen molar-refractivity contribution < 1.29 is 9.16 Å². The van der Waals surface area contributed by atoms with Crippen LogP contribution in [0, 0.1) is 0 Å². The van der Waals surface area contributed by atoms with Crippen molar-refractivity contribution >= 4 is 18.7 Å². The topological polar surface area (TPSA) is 18.5 Å². The molecule has 3 heteroatoms. The van der Waals surface area contributed by atoms with Crippen molar-refractivity contribution in [3.8, 4) is 0 Å². The van der Waals surface area contributed by atoms with Crippen LogP contribution in [-0.4, -0.2) is 28.6 Å². The maximum atomic E-state index is 6.26. The molecule has 0 radical (unpaired) electrons. The van der Waals surface area contributed by atoms with Gasteiger partial charge in [0.2, 0.25) is 0 Å². The van der Waals surface area contributed by atoms with Gasteiger partial charge in [0, 0.05) is 7.11 Å². The molecule has 0 unspecified atom stereocenters. The quantitative estimate of drug-likeness (QED) is 0.602. The monoisotopic (exact) mass is 304 g/mol. The fraction of sp³-hybridized carbons (Fsp3) is 0.333. The molecule has 2 rings (SSSR count). The van der Waals surface area contributed by atoms with E-state index in [0.717, 1.165) is 0 Å². The van der Waals surface area contributed by atoms with Gasteiger partial charge in [-0.2, -0.15) is 0 Å². The summed E-state index contributed by atoms with van der Waals surface area (Å²) in [5.41, 5.74) is 0. The third-order valence-corrected chi connectivity index (χ3v) is 6.98. The first-order valence-electron chi connectivity index (χ1n) is 6.51. The lowest BCUT2D eigenvalue weighted by Crippen LogP contribution is -2.58. The maximum Gasteiger partial charge on any atom is 0.252 e. The van der Waals surface area contributed by atoms with Gasteiger partial charge in [0.15, 0.2) is 0 Å². The van der Waals surface area contributed by atoms with E-state index < -0.39 is 8.32 Å². The Morgan fingerprint density at radius 2 is 1.19 bits per heavy atom. The average molecular weight is 305 g/mol. The number of benzene rings is 2. The van der Waals surface area contributed by atoms with E-state index in [1.807, 2.05) is 12.1 Å². The fourth-order valence-corrected chi connectivity index (χ4v) is 4.99. The third-order valence-electron chi connectivity index (χ3n) is 3.33. The van der Waals surface area contributed by atoms with Crippen molar-refractivity contribution in [2.24, 2.45) is 0 Å². The highest BCUT2D eigenvalue weighted by Crippen LogP contribution is 2.07. The van der Waals surface area contributed by atoms with Crippen LogP contribution in [-0.2, 0) is 9.16 Å². The zero-order valence-corrected chi connectivity index (χ0v) is 12.5. The van der Waals surface area contributed by atoms with E-state index >= 15 is 0 Å². The van der Waals surface area contributed by atoms with Crippen molar-refractivity contribution in [1.29, 1.82) is 0 Å². The predicted molar refractivity (Wildman–Crippen MR) is 95.1 cm³/mol. The normalized spacial score (nSPS) is 10.4. The van der Waals surface area contributed by atoms with Gasteiger partial charge in [-0.25, -0.2) is 0 Å². The molecule has 0 saturated carbocycles. The van der Waals surface area contributed by atoms with Gasteiger partial charge >= 0.3 is 0 Å². The Hall–Kier alpha value is -1.42. The van der Waals surface area contributed by atoms with Gasteiger partial charge in [-0.05, 0) is 16.9 Å². The van der Waals surface area contributed by atoms with Crippen LogP contribution in [0.4, 0.5) is 0 Å². The van der Waals surface area contributed by atoms with Crippen LogP contribution < -0.4 is 10.4 Å². The highest BCUT2D eigenvalue weighted by atomic mass is 28.4. The number of rotatable bonds is 6. The van der Waals surface area contributed by atoms with Crippen LogP contribution in [0.3, 0.4) is 0 Å². The number of hydrogen-bond acceptors (Lipinski definition) is 2. The smallest absolute Gasteiger partial charge is 0.252 e. The molecular formula is C18H28O2Si. The Labute approximate surface area is 130 Å². The minimum absolute atomic E-state index is 0. The van der Waals surface area contributed by atoms with Crippen molar-refractivity contribution in [3.63, 3.8) is 0 Å². The van der Waals surface area contributed by atoms with Gasteiger partial charge < -0.3 is 9.16 Å². The minimum atomic E-state index is -2.12. The molecule has 0 aliphatic heterocycles. The van der Waals surface area contributed by atoms with E-state index in [4.69, 9.17) is 9.16 Å². The molecule has 0 bridgehead atoms. The standard InChI is InChI=1S/C16H20O2Si.2CH4/c1-17-13-14-18-19(2,15-9-5-3-6-10-15)16-11-7-4-8-12-16;;/h3-12H,13-14H2,1-2H3;2*1H4. The van der Waals surface area contributed by atoms with Crippen LogP contribution in [0.1, 0.15) is 14.9 Å². The molecule has 2 nitrogen and oxygen atoms in total. The molecule has 21 heavy (non-hydrogen) atoms. The summed E-state index contributed by atoms with van der Waals surface area (Å²) in [5.74, 6) is 0. The number of hydrogen-bond donors (Lipinski definition) is 0. The number of methoxy groups -OCH3 is 1. The second kappa shape index (κ2) is 9.50. The highest BCUT2D eigenvalue weighted by molar-refractivity contribution is 6.96. The van der Waals surface area contributed by atoms with Gasteiger partial charge in [0.05, 0.1) is 13.2 Å². The Morgan fingerprint density at radius 3 is 1.57 bits per heavy atom. The lowest BCUT2D eigenvalue weighted by molar-refractivity contribution is 0.145. The molecule has 0 N–H and O–H groups in total. The Kier molecular flexibility index (Phi) is 8.86. The maximum absolute atomic E-state index is 6.26. The molecule has 0 aliphatic rings. The molecule has 2 aromatic rings. The Balaban J connectivity index is 0.00000200. The molecule has 2 aromatic carbocycles. The van der Waals surface area contributed by atoms with E-state index in [1.54, 1.807) is 7.11 Å². The van der Waals surface area contributed by atoms with E-state index in [-0.39, 0.29) is 14.9 Å². The largest absolute Gasteiger partial charge is 0.406 e. The number of ether oxygens (including phenoxy) is 1. The van der Waals surface area contributed by atoms with E-state index in [9.17, 15) is 0 Å². The first-order valence-corrected chi connectivity index (χ1v) is 8.92. The summed E-state index contributed by atoms with van der Waals surface area (Å²) in [7, 11) is -0.417. The molecule has 0 spiro atoms. The first kappa shape index (κ1) is 19.6.